The molecule has 1 aliphatic carbocycles. The summed E-state index contributed by atoms with van der Waals surface area (Å²) in [6.07, 6.45) is 4.89. The van der Waals surface area contributed by atoms with Crippen molar-refractivity contribution in [3.05, 3.63) is 0 Å². The van der Waals surface area contributed by atoms with E-state index < -0.39 is 0 Å². The van der Waals surface area contributed by atoms with Gasteiger partial charge in [0, 0.05) is 24.6 Å². The van der Waals surface area contributed by atoms with Crippen LogP contribution in [-0.2, 0) is 0 Å². The molecule has 0 atom stereocenters. The van der Waals surface area contributed by atoms with Gasteiger partial charge in [-0.15, -0.1) is 0 Å². The first-order valence-electron chi connectivity index (χ1n) is 5.40. The SMILES string of the molecule is OCC1(CNC2CCNCC2)CC1. The molecule has 0 aromatic rings. The molecule has 13 heavy (non-hydrogen) atoms. The summed E-state index contributed by atoms with van der Waals surface area (Å²) < 4.78 is 0. The van der Waals surface area contributed by atoms with Gasteiger partial charge < -0.3 is 15.7 Å². The van der Waals surface area contributed by atoms with Gasteiger partial charge in [-0.05, 0) is 38.8 Å². The Balaban J connectivity index is 1.66. The molecular weight excluding hydrogens is 164 g/mol. The number of rotatable bonds is 4. The third-order valence-corrected chi connectivity index (χ3v) is 3.40. The fraction of sp³-hybridized carbons (Fsp3) is 1.00. The Morgan fingerprint density at radius 3 is 2.54 bits per heavy atom. The first-order valence-corrected chi connectivity index (χ1v) is 5.40. The van der Waals surface area contributed by atoms with Crippen molar-refractivity contribution in [1.29, 1.82) is 0 Å². The second-order valence-electron chi connectivity index (χ2n) is 4.56. The molecule has 2 rings (SSSR count). The van der Waals surface area contributed by atoms with Gasteiger partial charge in [-0.2, -0.15) is 0 Å². The van der Waals surface area contributed by atoms with Crippen LogP contribution in [0.3, 0.4) is 0 Å². The van der Waals surface area contributed by atoms with Crippen LogP contribution in [0.5, 0.6) is 0 Å². The fourth-order valence-electron chi connectivity index (χ4n) is 1.95. The van der Waals surface area contributed by atoms with Crippen molar-refractivity contribution in [2.45, 2.75) is 31.7 Å². The molecule has 0 amide bonds. The summed E-state index contributed by atoms with van der Waals surface area (Å²) in [7, 11) is 0. The summed E-state index contributed by atoms with van der Waals surface area (Å²) in [5, 5.41) is 16.1. The van der Waals surface area contributed by atoms with Gasteiger partial charge in [0.05, 0.1) is 0 Å². The minimum absolute atomic E-state index is 0.269. The number of aliphatic hydroxyl groups is 1. The van der Waals surface area contributed by atoms with Crippen molar-refractivity contribution in [3.63, 3.8) is 0 Å². The maximum Gasteiger partial charge on any atom is 0.0499 e. The van der Waals surface area contributed by atoms with E-state index in [1.54, 1.807) is 0 Å². The Morgan fingerprint density at radius 1 is 1.31 bits per heavy atom. The summed E-state index contributed by atoms with van der Waals surface area (Å²) in [4.78, 5) is 0. The first kappa shape index (κ1) is 9.44. The minimum Gasteiger partial charge on any atom is -0.396 e. The van der Waals surface area contributed by atoms with Crippen molar-refractivity contribution in [1.82, 2.24) is 10.6 Å². The molecule has 0 bridgehead atoms. The van der Waals surface area contributed by atoms with Crippen LogP contribution in [0.1, 0.15) is 25.7 Å². The van der Waals surface area contributed by atoms with Crippen molar-refractivity contribution in [3.8, 4) is 0 Å². The van der Waals surface area contributed by atoms with Crippen LogP contribution in [-0.4, -0.2) is 37.4 Å². The van der Waals surface area contributed by atoms with Gasteiger partial charge in [-0.25, -0.2) is 0 Å². The Hall–Kier alpha value is -0.120. The number of aliphatic hydroxyl groups excluding tert-OH is 1. The quantitative estimate of drug-likeness (QED) is 0.580. The summed E-state index contributed by atoms with van der Waals surface area (Å²) in [5.74, 6) is 0. The molecule has 3 heteroatoms. The van der Waals surface area contributed by atoms with Gasteiger partial charge >= 0.3 is 0 Å². The van der Waals surface area contributed by atoms with Crippen LogP contribution < -0.4 is 10.6 Å². The Kier molecular flexibility index (Phi) is 2.86. The average Bonchev–Trinajstić information content (AvgIpc) is 2.97. The molecule has 2 fully saturated rings. The Morgan fingerprint density at radius 2 is 2.00 bits per heavy atom. The maximum atomic E-state index is 9.13. The molecule has 0 unspecified atom stereocenters. The van der Waals surface area contributed by atoms with Gasteiger partial charge in [-0.3, -0.25) is 0 Å². The van der Waals surface area contributed by atoms with Crippen LogP contribution in [0, 0.1) is 5.41 Å². The highest BCUT2D eigenvalue weighted by molar-refractivity contribution is 4.95. The predicted molar refractivity (Wildman–Crippen MR) is 52.6 cm³/mol. The summed E-state index contributed by atoms with van der Waals surface area (Å²) >= 11 is 0. The fourth-order valence-corrected chi connectivity index (χ4v) is 1.95. The van der Waals surface area contributed by atoms with E-state index in [9.17, 15) is 0 Å². The Labute approximate surface area is 79.9 Å². The van der Waals surface area contributed by atoms with Crippen LogP contribution >= 0.6 is 0 Å². The molecule has 76 valence electrons. The van der Waals surface area contributed by atoms with Crippen LogP contribution in [0.15, 0.2) is 0 Å². The zero-order chi connectivity index (χ0) is 9.15. The molecule has 1 aliphatic heterocycles. The highest BCUT2D eigenvalue weighted by atomic mass is 16.3. The largest absolute Gasteiger partial charge is 0.396 e. The first-order chi connectivity index (χ1) is 6.35. The lowest BCUT2D eigenvalue weighted by molar-refractivity contribution is 0.200. The number of hydrogen-bond donors (Lipinski definition) is 3. The van der Waals surface area contributed by atoms with Crippen LogP contribution in [0.4, 0.5) is 0 Å². The third-order valence-electron chi connectivity index (χ3n) is 3.40. The zero-order valence-electron chi connectivity index (χ0n) is 8.18. The normalized spacial score (nSPS) is 27.5. The highest BCUT2D eigenvalue weighted by Gasteiger charge is 2.41. The van der Waals surface area contributed by atoms with Gasteiger partial charge in [0.25, 0.3) is 0 Å². The topological polar surface area (TPSA) is 44.3 Å². The molecule has 0 aromatic heterocycles. The number of hydrogen-bond acceptors (Lipinski definition) is 3. The molecule has 1 heterocycles. The highest BCUT2D eigenvalue weighted by Crippen LogP contribution is 2.44. The van der Waals surface area contributed by atoms with Gasteiger partial charge in [0.15, 0.2) is 0 Å². The lowest BCUT2D eigenvalue weighted by Crippen LogP contribution is -2.42. The third kappa shape index (κ3) is 2.42. The summed E-state index contributed by atoms with van der Waals surface area (Å²) in [5.41, 5.74) is 0.269. The molecule has 1 saturated carbocycles. The average molecular weight is 184 g/mol. The van der Waals surface area contributed by atoms with Gasteiger partial charge in [0.1, 0.15) is 0 Å². The van der Waals surface area contributed by atoms with E-state index in [1.807, 2.05) is 0 Å². The second-order valence-corrected chi connectivity index (χ2v) is 4.56. The lowest BCUT2D eigenvalue weighted by atomic mass is 10.0. The predicted octanol–water partition coefficient (Wildman–Crippen LogP) is 0.100. The van der Waals surface area contributed by atoms with Crippen molar-refractivity contribution >= 4 is 0 Å². The molecule has 2 aliphatic rings. The van der Waals surface area contributed by atoms with Gasteiger partial charge in [0.2, 0.25) is 0 Å². The monoisotopic (exact) mass is 184 g/mol. The second kappa shape index (κ2) is 3.95. The molecule has 0 radical (unpaired) electrons. The lowest BCUT2D eigenvalue weighted by Gasteiger charge is -2.25. The molecule has 0 aromatic carbocycles. The standard InChI is InChI=1S/C10H20N2O/c13-8-10(3-4-10)7-12-9-1-5-11-6-2-9/h9,11-13H,1-8H2. The van der Waals surface area contributed by atoms with E-state index in [1.165, 1.54) is 25.7 Å². The zero-order valence-corrected chi connectivity index (χ0v) is 8.18. The van der Waals surface area contributed by atoms with E-state index in [0.29, 0.717) is 12.6 Å². The number of piperidine rings is 1. The molecule has 3 nitrogen and oxygen atoms in total. The molecule has 3 N–H and O–H groups in total. The van der Waals surface area contributed by atoms with E-state index in [-0.39, 0.29) is 5.41 Å². The maximum absolute atomic E-state index is 9.13. The smallest absolute Gasteiger partial charge is 0.0499 e. The van der Waals surface area contributed by atoms with Crippen molar-refractivity contribution in [2.75, 3.05) is 26.2 Å². The van der Waals surface area contributed by atoms with E-state index in [4.69, 9.17) is 5.11 Å². The van der Waals surface area contributed by atoms with Crippen LogP contribution in [0.25, 0.3) is 0 Å². The summed E-state index contributed by atoms with van der Waals surface area (Å²) in [6, 6.07) is 0.685. The molecule has 1 saturated heterocycles. The van der Waals surface area contributed by atoms with Crippen molar-refractivity contribution in [2.24, 2.45) is 5.41 Å². The van der Waals surface area contributed by atoms with Crippen molar-refractivity contribution < 1.29 is 5.11 Å². The van der Waals surface area contributed by atoms with E-state index >= 15 is 0 Å². The van der Waals surface area contributed by atoms with E-state index in [0.717, 1.165) is 19.6 Å². The van der Waals surface area contributed by atoms with E-state index in [2.05, 4.69) is 10.6 Å². The van der Waals surface area contributed by atoms with Gasteiger partial charge in [-0.1, -0.05) is 0 Å². The molecular formula is C10H20N2O. The Bertz CT molecular complexity index is 162. The summed E-state index contributed by atoms with van der Waals surface area (Å²) in [6.45, 7) is 3.67. The molecule has 0 spiro atoms. The minimum atomic E-state index is 0.269. The number of nitrogens with one attached hydrogen (secondary N) is 2. The van der Waals surface area contributed by atoms with Crippen LogP contribution in [0.2, 0.25) is 0 Å².